The molecule has 8 heteroatoms. The molecule has 1 amide bonds. The summed E-state index contributed by atoms with van der Waals surface area (Å²) in [5.74, 6) is -1.60. The van der Waals surface area contributed by atoms with Crippen molar-refractivity contribution in [3.8, 4) is 0 Å². The van der Waals surface area contributed by atoms with Crippen LogP contribution in [0.15, 0.2) is 18.3 Å². The first-order valence-electron chi connectivity index (χ1n) is 7.32. The number of rotatable bonds is 8. The van der Waals surface area contributed by atoms with Crippen molar-refractivity contribution in [2.75, 3.05) is 18.9 Å². The van der Waals surface area contributed by atoms with Crippen LogP contribution in [0, 0.1) is 0 Å². The van der Waals surface area contributed by atoms with Gasteiger partial charge >= 0.3 is 11.9 Å². The summed E-state index contributed by atoms with van der Waals surface area (Å²) in [5.41, 5.74) is 6.04. The van der Waals surface area contributed by atoms with Gasteiger partial charge in [0, 0.05) is 6.42 Å². The first-order chi connectivity index (χ1) is 11.0. The number of hydrogen-bond acceptors (Lipinski definition) is 7. The van der Waals surface area contributed by atoms with Gasteiger partial charge < -0.3 is 20.5 Å². The fourth-order valence-corrected chi connectivity index (χ4v) is 1.76. The van der Waals surface area contributed by atoms with E-state index in [0.717, 1.165) is 0 Å². The zero-order chi connectivity index (χ0) is 17.2. The minimum absolute atomic E-state index is 0.00718. The Balaban J connectivity index is 2.71. The van der Waals surface area contributed by atoms with Gasteiger partial charge in [0.25, 0.3) is 5.91 Å². The Bertz CT molecular complexity index is 545. The lowest BCUT2D eigenvalue weighted by Crippen LogP contribution is -2.42. The van der Waals surface area contributed by atoms with Crippen LogP contribution in [0.2, 0.25) is 0 Å². The molecular weight excluding hydrogens is 302 g/mol. The largest absolute Gasteiger partial charge is 0.466 e. The number of carbonyl (C=O) groups is 3. The van der Waals surface area contributed by atoms with Crippen molar-refractivity contribution in [1.82, 2.24) is 10.3 Å². The number of carbonyl (C=O) groups excluding carboxylic acids is 3. The zero-order valence-electron chi connectivity index (χ0n) is 13.2. The summed E-state index contributed by atoms with van der Waals surface area (Å²) in [6, 6.07) is 2.02. The van der Waals surface area contributed by atoms with Crippen molar-refractivity contribution >= 4 is 23.5 Å². The van der Waals surface area contributed by atoms with E-state index < -0.39 is 23.9 Å². The lowest BCUT2D eigenvalue weighted by Gasteiger charge is -2.16. The molecule has 0 saturated heterocycles. The molecule has 0 radical (unpaired) electrons. The molecule has 23 heavy (non-hydrogen) atoms. The summed E-state index contributed by atoms with van der Waals surface area (Å²) >= 11 is 0. The summed E-state index contributed by atoms with van der Waals surface area (Å²) in [6.07, 6.45) is 1.41. The lowest BCUT2D eigenvalue weighted by molar-refractivity contribution is -0.146. The molecule has 0 spiro atoms. The number of anilines is 1. The average Bonchev–Trinajstić information content (AvgIpc) is 2.52. The summed E-state index contributed by atoms with van der Waals surface area (Å²) in [5, 5.41) is 2.51. The molecule has 0 fully saturated rings. The van der Waals surface area contributed by atoms with Crippen LogP contribution >= 0.6 is 0 Å². The Morgan fingerprint density at radius 2 is 1.91 bits per heavy atom. The maximum atomic E-state index is 12.1. The highest BCUT2D eigenvalue weighted by molar-refractivity contribution is 5.95. The number of aromatic nitrogens is 1. The maximum Gasteiger partial charge on any atom is 0.328 e. The van der Waals surface area contributed by atoms with Gasteiger partial charge in [-0.15, -0.1) is 0 Å². The minimum Gasteiger partial charge on any atom is -0.466 e. The number of nitrogens with two attached hydrogens (primary N) is 1. The number of ether oxygens (including phenoxy) is 2. The van der Waals surface area contributed by atoms with Gasteiger partial charge in [-0.05, 0) is 32.4 Å². The summed E-state index contributed by atoms with van der Waals surface area (Å²) in [4.78, 5) is 39.3. The third-order valence-corrected chi connectivity index (χ3v) is 2.84. The van der Waals surface area contributed by atoms with E-state index in [-0.39, 0.29) is 31.7 Å². The lowest BCUT2D eigenvalue weighted by atomic mass is 10.1. The van der Waals surface area contributed by atoms with Crippen LogP contribution in [0.3, 0.4) is 0 Å². The minimum atomic E-state index is -0.953. The van der Waals surface area contributed by atoms with Crippen LogP contribution in [0.1, 0.15) is 37.2 Å². The van der Waals surface area contributed by atoms with Crippen LogP contribution in [-0.2, 0) is 19.1 Å². The molecule has 0 aliphatic heterocycles. The number of nitrogen functional groups attached to an aromatic ring is 1. The topological polar surface area (TPSA) is 121 Å². The SMILES string of the molecule is CCOC(=O)CC[C@@H](NC(=O)c1ccc(N)cn1)C(=O)OCC. The van der Waals surface area contributed by atoms with Crippen LogP contribution in [0.25, 0.3) is 0 Å². The maximum absolute atomic E-state index is 12.1. The predicted molar refractivity (Wildman–Crippen MR) is 82.4 cm³/mol. The average molecular weight is 323 g/mol. The third kappa shape index (κ3) is 6.33. The molecular formula is C15H21N3O5. The molecule has 0 unspecified atom stereocenters. The summed E-state index contributed by atoms with van der Waals surface area (Å²) < 4.78 is 9.71. The second-order valence-electron chi connectivity index (χ2n) is 4.60. The molecule has 126 valence electrons. The molecule has 0 saturated carbocycles. The van der Waals surface area contributed by atoms with Crippen LogP contribution < -0.4 is 11.1 Å². The summed E-state index contributed by atoms with van der Waals surface area (Å²) in [7, 11) is 0. The van der Waals surface area contributed by atoms with Crippen LogP contribution in [0.5, 0.6) is 0 Å². The van der Waals surface area contributed by atoms with Gasteiger partial charge in [0.2, 0.25) is 0 Å². The standard InChI is InChI=1S/C15H21N3O5/c1-3-22-13(19)8-7-12(15(21)23-4-2)18-14(20)11-6-5-10(16)9-17-11/h5-6,9,12H,3-4,7-8,16H2,1-2H3,(H,18,20)/t12-/m1/s1. The van der Waals surface area contributed by atoms with E-state index in [1.54, 1.807) is 13.8 Å². The third-order valence-electron chi connectivity index (χ3n) is 2.84. The number of esters is 2. The predicted octanol–water partition coefficient (Wildman–Crippen LogP) is 0.669. The number of nitrogens with zero attached hydrogens (tertiary/aromatic N) is 1. The highest BCUT2D eigenvalue weighted by Gasteiger charge is 2.24. The van der Waals surface area contributed by atoms with Gasteiger partial charge in [-0.25, -0.2) is 9.78 Å². The van der Waals surface area contributed by atoms with E-state index in [0.29, 0.717) is 5.69 Å². The van der Waals surface area contributed by atoms with E-state index in [2.05, 4.69) is 10.3 Å². The quantitative estimate of drug-likeness (QED) is 0.674. The Labute approximate surface area is 134 Å². The van der Waals surface area contributed by atoms with Gasteiger partial charge in [-0.2, -0.15) is 0 Å². The van der Waals surface area contributed by atoms with Crippen LogP contribution in [-0.4, -0.2) is 42.1 Å². The van der Waals surface area contributed by atoms with E-state index in [9.17, 15) is 14.4 Å². The second-order valence-corrected chi connectivity index (χ2v) is 4.60. The smallest absolute Gasteiger partial charge is 0.328 e. The molecule has 0 aliphatic carbocycles. The zero-order valence-corrected chi connectivity index (χ0v) is 13.2. The number of nitrogens with one attached hydrogen (secondary N) is 1. The van der Waals surface area contributed by atoms with Gasteiger partial charge in [0.15, 0.2) is 0 Å². The van der Waals surface area contributed by atoms with Crippen LogP contribution in [0.4, 0.5) is 5.69 Å². The molecule has 1 atom stereocenters. The van der Waals surface area contributed by atoms with Gasteiger partial charge in [0.05, 0.1) is 25.1 Å². The normalized spacial score (nSPS) is 11.4. The number of hydrogen-bond donors (Lipinski definition) is 2. The van der Waals surface area contributed by atoms with Crippen molar-refractivity contribution in [2.45, 2.75) is 32.7 Å². The molecule has 0 aromatic carbocycles. The molecule has 1 rings (SSSR count). The summed E-state index contributed by atoms with van der Waals surface area (Å²) in [6.45, 7) is 3.77. The Morgan fingerprint density at radius 1 is 1.22 bits per heavy atom. The van der Waals surface area contributed by atoms with Crippen molar-refractivity contribution in [3.05, 3.63) is 24.0 Å². The number of amides is 1. The molecule has 1 aromatic heterocycles. The molecule has 3 N–H and O–H groups in total. The first-order valence-corrected chi connectivity index (χ1v) is 7.32. The van der Waals surface area contributed by atoms with Gasteiger partial charge in [-0.1, -0.05) is 0 Å². The monoisotopic (exact) mass is 323 g/mol. The first kappa shape index (κ1) is 18.4. The van der Waals surface area contributed by atoms with Crippen molar-refractivity contribution in [1.29, 1.82) is 0 Å². The molecule has 0 aliphatic rings. The fourth-order valence-electron chi connectivity index (χ4n) is 1.76. The number of pyridine rings is 1. The van der Waals surface area contributed by atoms with E-state index in [1.165, 1.54) is 18.3 Å². The van der Waals surface area contributed by atoms with Gasteiger partial charge in [-0.3, -0.25) is 9.59 Å². The Kier molecular flexibility index (Phi) is 7.52. The molecule has 1 aromatic rings. The van der Waals surface area contributed by atoms with Crippen molar-refractivity contribution in [2.24, 2.45) is 0 Å². The highest BCUT2D eigenvalue weighted by Crippen LogP contribution is 2.06. The van der Waals surface area contributed by atoms with Crippen molar-refractivity contribution in [3.63, 3.8) is 0 Å². The van der Waals surface area contributed by atoms with Crippen molar-refractivity contribution < 1.29 is 23.9 Å². The highest BCUT2D eigenvalue weighted by atomic mass is 16.5. The Hall–Kier alpha value is -2.64. The second kappa shape index (κ2) is 9.39. The van der Waals surface area contributed by atoms with Gasteiger partial charge in [0.1, 0.15) is 11.7 Å². The van der Waals surface area contributed by atoms with E-state index in [4.69, 9.17) is 15.2 Å². The fraction of sp³-hybridized carbons (Fsp3) is 0.467. The molecule has 1 heterocycles. The van der Waals surface area contributed by atoms with E-state index >= 15 is 0 Å². The molecule has 8 nitrogen and oxygen atoms in total. The molecule has 0 bridgehead atoms. The Morgan fingerprint density at radius 3 is 2.48 bits per heavy atom. The van der Waals surface area contributed by atoms with E-state index in [1.807, 2.05) is 0 Å².